The van der Waals surface area contributed by atoms with Crippen LogP contribution in [0.1, 0.15) is 23.2 Å². The minimum absolute atomic E-state index is 0.0684. The molecule has 3 N–H and O–H groups in total. The zero-order chi connectivity index (χ0) is 15.4. The number of hydrogen-bond acceptors (Lipinski definition) is 3. The summed E-state index contributed by atoms with van der Waals surface area (Å²) < 4.78 is 0.942. The molecule has 0 unspecified atom stereocenters. The van der Waals surface area contributed by atoms with Crippen molar-refractivity contribution in [1.82, 2.24) is 10.2 Å². The number of nitrogens with zero attached hydrogens (tertiary/aromatic N) is 1. The second kappa shape index (κ2) is 7.71. The lowest BCUT2D eigenvalue weighted by Crippen LogP contribution is -2.46. The van der Waals surface area contributed by atoms with Crippen molar-refractivity contribution in [2.24, 2.45) is 5.73 Å². The topological polar surface area (TPSA) is 58.4 Å². The first kappa shape index (κ1) is 16.9. The number of benzene rings is 1. The average molecular weight is 438 g/mol. The van der Waals surface area contributed by atoms with Gasteiger partial charge in [0.25, 0.3) is 5.91 Å². The highest BCUT2D eigenvalue weighted by Gasteiger charge is 2.21. The monoisotopic (exact) mass is 437 g/mol. The summed E-state index contributed by atoms with van der Waals surface area (Å²) in [7, 11) is 0. The summed E-state index contributed by atoms with van der Waals surface area (Å²) in [6, 6.07) is 5.55. The Bertz CT molecular complexity index is 547. The van der Waals surface area contributed by atoms with Crippen LogP contribution in [0.5, 0.6) is 0 Å². The molecule has 1 fully saturated rings. The zero-order valence-electron chi connectivity index (χ0n) is 11.4. The molecular weight excluding hydrogens is 421 g/mol. The number of amides is 1. The van der Waals surface area contributed by atoms with Gasteiger partial charge in [-0.2, -0.15) is 0 Å². The van der Waals surface area contributed by atoms with Crippen LogP contribution >= 0.6 is 46.4 Å². The molecule has 0 radical (unpaired) electrons. The van der Waals surface area contributed by atoms with Gasteiger partial charge < -0.3 is 11.1 Å². The van der Waals surface area contributed by atoms with E-state index in [0.29, 0.717) is 22.1 Å². The van der Waals surface area contributed by atoms with E-state index in [2.05, 4.69) is 32.8 Å². The fourth-order valence-corrected chi connectivity index (χ4v) is 3.06. The molecule has 1 aromatic rings. The van der Waals surface area contributed by atoms with E-state index in [9.17, 15) is 4.79 Å². The van der Waals surface area contributed by atoms with Crippen molar-refractivity contribution in [2.45, 2.75) is 18.9 Å². The van der Waals surface area contributed by atoms with Gasteiger partial charge in [-0.3, -0.25) is 9.69 Å². The standard InChI is InChI=1S/C14H17ClIN3OS/c15-11-7-9(1-2-12(11)16)14(20)18-10-3-5-19(6-4-10)8-13(17)21/h1-2,7,10H,3-6,8H2,(H2,17,21)(H,18,20). The molecule has 114 valence electrons. The van der Waals surface area contributed by atoms with Gasteiger partial charge in [0.05, 0.1) is 10.0 Å². The third kappa shape index (κ3) is 5.05. The summed E-state index contributed by atoms with van der Waals surface area (Å²) in [6.07, 6.45) is 1.82. The summed E-state index contributed by atoms with van der Waals surface area (Å²) in [5.41, 5.74) is 6.15. The highest BCUT2D eigenvalue weighted by atomic mass is 127. The van der Waals surface area contributed by atoms with E-state index >= 15 is 0 Å². The minimum Gasteiger partial charge on any atom is -0.392 e. The first-order valence-electron chi connectivity index (χ1n) is 6.72. The van der Waals surface area contributed by atoms with Crippen LogP contribution in [0.15, 0.2) is 18.2 Å². The lowest BCUT2D eigenvalue weighted by atomic mass is 10.0. The molecule has 1 saturated heterocycles. The summed E-state index contributed by atoms with van der Waals surface area (Å²) in [6.45, 7) is 2.45. The van der Waals surface area contributed by atoms with Crippen molar-refractivity contribution in [1.29, 1.82) is 0 Å². The van der Waals surface area contributed by atoms with Crippen molar-refractivity contribution >= 4 is 57.3 Å². The number of likely N-dealkylation sites (tertiary alicyclic amines) is 1. The third-order valence-electron chi connectivity index (χ3n) is 3.48. The third-order valence-corrected chi connectivity index (χ3v) is 5.19. The first-order valence-corrected chi connectivity index (χ1v) is 8.59. The van der Waals surface area contributed by atoms with Crippen molar-refractivity contribution in [3.63, 3.8) is 0 Å². The van der Waals surface area contributed by atoms with E-state index in [1.165, 1.54) is 0 Å². The molecule has 0 aliphatic carbocycles. The number of piperidine rings is 1. The van der Waals surface area contributed by atoms with Crippen LogP contribution in [0.4, 0.5) is 0 Å². The molecule has 4 nitrogen and oxygen atoms in total. The predicted molar refractivity (Wildman–Crippen MR) is 97.9 cm³/mol. The summed E-state index contributed by atoms with van der Waals surface area (Å²) >= 11 is 13.1. The summed E-state index contributed by atoms with van der Waals surface area (Å²) in [5.74, 6) is -0.0684. The number of nitrogens with one attached hydrogen (secondary N) is 1. The van der Waals surface area contributed by atoms with E-state index in [-0.39, 0.29) is 11.9 Å². The molecule has 7 heteroatoms. The molecule has 0 saturated carbocycles. The maximum Gasteiger partial charge on any atom is 0.251 e. The van der Waals surface area contributed by atoms with Gasteiger partial charge >= 0.3 is 0 Å². The number of hydrogen-bond donors (Lipinski definition) is 2. The number of nitrogens with two attached hydrogens (primary N) is 1. The largest absolute Gasteiger partial charge is 0.392 e. The van der Waals surface area contributed by atoms with Crippen LogP contribution in [-0.2, 0) is 0 Å². The Morgan fingerprint density at radius 2 is 2.14 bits per heavy atom. The Morgan fingerprint density at radius 1 is 1.48 bits per heavy atom. The molecule has 0 bridgehead atoms. The molecule has 1 aromatic carbocycles. The van der Waals surface area contributed by atoms with Crippen molar-refractivity contribution in [3.8, 4) is 0 Å². The average Bonchev–Trinajstić information content (AvgIpc) is 2.43. The number of rotatable bonds is 4. The Kier molecular flexibility index (Phi) is 6.21. The van der Waals surface area contributed by atoms with Crippen LogP contribution in [-0.4, -0.2) is 41.5 Å². The molecule has 1 aliphatic heterocycles. The van der Waals surface area contributed by atoms with Gasteiger partial charge in [-0.25, -0.2) is 0 Å². The Hall–Kier alpha value is -0.440. The fraction of sp³-hybridized carbons (Fsp3) is 0.429. The van der Waals surface area contributed by atoms with Gasteiger partial charge in [0.15, 0.2) is 0 Å². The lowest BCUT2D eigenvalue weighted by molar-refractivity contribution is 0.0915. The number of carbonyl (C=O) groups excluding carboxylic acids is 1. The molecule has 0 spiro atoms. The quantitative estimate of drug-likeness (QED) is 0.561. The molecule has 0 atom stereocenters. The van der Waals surface area contributed by atoms with Crippen molar-refractivity contribution in [3.05, 3.63) is 32.4 Å². The molecule has 1 aliphatic rings. The smallest absolute Gasteiger partial charge is 0.251 e. The van der Waals surface area contributed by atoms with Gasteiger partial charge in [-0.15, -0.1) is 0 Å². The van der Waals surface area contributed by atoms with Gasteiger partial charge in [0, 0.05) is 34.8 Å². The lowest BCUT2D eigenvalue weighted by Gasteiger charge is -2.31. The number of thiocarbonyl (C=S) groups is 1. The molecular formula is C14H17ClIN3OS. The second-order valence-electron chi connectivity index (χ2n) is 5.12. The molecule has 1 amide bonds. The molecule has 1 heterocycles. The number of halogens is 2. The highest BCUT2D eigenvalue weighted by Crippen LogP contribution is 2.20. The maximum atomic E-state index is 12.2. The molecule has 21 heavy (non-hydrogen) atoms. The van der Waals surface area contributed by atoms with E-state index in [0.717, 1.165) is 29.5 Å². The van der Waals surface area contributed by atoms with E-state index in [1.54, 1.807) is 12.1 Å². The van der Waals surface area contributed by atoms with Crippen molar-refractivity contribution in [2.75, 3.05) is 19.6 Å². The second-order valence-corrected chi connectivity index (χ2v) is 7.21. The Balaban J connectivity index is 1.86. The SMILES string of the molecule is NC(=S)CN1CCC(NC(=O)c2ccc(I)c(Cl)c2)CC1. The fourth-order valence-electron chi connectivity index (χ4n) is 2.36. The maximum absolute atomic E-state index is 12.2. The molecule has 2 rings (SSSR count). The van der Waals surface area contributed by atoms with Crippen molar-refractivity contribution < 1.29 is 4.79 Å². The van der Waals surface area contributed by atoms with Gasteiger partial charge in [-0.05, 0) is 53.6 Å². The van der Waals surface area contributed by atoms with Gasteiger partial charge in [0.2, 0.25) is 0 Å². The normalized spacial score (nSPS) is 16.7. The van der Waals surface area contributed by atoms with Crippen LogP contribution in [0.25, 0.3) is 0 Å². The molecule has 0 aromatic heterocycles. The Morgan fingerprint density at radius 3 is 2.71 bits per heavy atom. The highest BCUT2D eigenvalue weighted by molar-refractivity contribution is 14.1. The summed E-state index contributed by atoms with van der Waals surface area (Å²) in [5, 5.41) is 3.67. The van der Waals surface area contributed by atoms with Crippen LogP contribution in [0, 0.1) is 3.57 Å². The van der Waals surface area contributed by atoms with E-state index in [4.69, 9.17) is 29.6 Å². The van der Waals surface area contributed by atoms with Gasteiger partial charge in [0.1, 0.15) is 0 Å². The first-order chi connectivity index (χ1) is 9.95. The predicted octanol–water partition coefficient (Wildman–Crippen LogP) is 2.42. The minimum atomic E-state index is -0.0684. The zero-order valence-corrected chi connectivity index (χ0v) is 15.2. The number of carbonyl (C=O) groups is 1. The van der Waals surface area contributed by atoms with Crippen LogP contribution in [0.3, 0.4) is 0 Å². The van der Waals surface area contributed by atoms with Crippen LogP contribution < -0.4 is 11.1 Å². The van der Waals surface area contributed by atoms with Gasteiger partial charge in [-0.1, -0.05) is 23.8 Å². The van der Waals surface area contributed by atoms with Crippen LogP contribution in [0.2, 0.25) is 5.02 Å². The summed E-state index contributed by atoms with van der Waals surface area (Å²) in [4.78, 5) is 14.9. The van der Waals surface area contributed by atoms with E-state index < -0.39 is 0 Å². The Labute approximate surface area is 148 Å². The van der Waals surface area contributed by atoms with E-state index in [1.807, 2.05) is 6.07 Å².